The second-order valence-corrected chi connectivity index (χ2v) is 11.5. The number of hydrogen-bond acceptors (Lipinski definition) is 7. The molecule has 9 heteroatoms. The predicted octanol–water partition coefficient (Wildman–Crippen LogP) is 5.89. The molecule has 0 saturated carbocycles. The molecule has 44 heavy (non-hydrogen) atoms. The second-order valence-electron chi connectivity index (χ2n) is 11.5. The first kappa shape index (κ1) is 32.2. The normalized spacial score (nSPS) is 12.7. The molecule has 9 nitrogen and oxygen atoms in total. The summed E-state index contributed by atoms with van der Waals surface area (Å²) in [5, 5.41) is 15.9. The van der Waals surface area contributed by atoms with E-state index in [0.29, 0.717) is 6.42 Å². The van der Waals surface area contributed by atoms with Crippen LogP contribution >= 0.6 is 0 Å². The molecule has 0 aliphatic rings. The Morgan fingerprint density at radius 2 is 1.45 bits per heavy atom. The summed E-state index contributed by atoms with van der Waals surface area (Å²) in [7, 11) is 0. The zero-order valence-corrected chi connectivity index (χ0v) is 25.4. The van der Waals surface area contributed by atoms with Crippen molar-refractivity contribution in [1.29, 1.82) is 0 Å². The van der Waals surface area contributed by atoms with Gasteiger partial charge in [-0.1, -0.05) is 91.0 Å². The van der Waals surface area contributed by atoms with Crippen molar-refractivity contribution in [2.75, 3.05) is 6.54 Å². The fourth-order valence-corrected chi connectivity index (χ4v) is 4.54. The van der Waals surface area contributed by atoms with Gasteiger partial charge in [0, 0.05) is 24.8 Å². The third kappa shape index (κ3) is 10.8. The number of nitrogens with zero attached hydrogens (tertiary/aromatic N) is 2. The van der Waals surface area contributed by atoms with Crippen molar-refractivity contribution in [2.45, 2.75) is 58.1 Å². The lowest BCUT2D eigenvalue weighted by molar-refractivity contribution is 0.0141. The highest BCUT2D eigenvalue weighted by molar-refractivity contribution is 5.68. The Hall–Kier alpha value is -4.73. The summed E-state index contributed by atoms with van der Waals surface area (Å²) in [6, 6.07) is 31.8. The first-order valence-electron chi connectivity index (χ1n) is 14.6. The van der Waals surface area contributed by atoms with Crippen LogP contribution in [0.4, 0.5) is 9.59 Å². The van der Waals surface area contributed by atoms with E-state index in [1.165, 1.54) is 0 Å². The zero-order valence-electron chi connectivity index (χ0n) is 25.4. The largest absolute Gasteiger partial charge is 0.445 e. The Labute approximate surface area is 258 Å². The minimum absolute atomic E-state index is 0.00228. The van der Waals surface area contributed by atoms with Gasteiger partial charge in [-0.3, -0.25) is 10.4 Å². The minimum atomic E-state index is -1.08. The molecule has 0 fully saturated rings. The third-order valence-electron chi connectivity index (χ3n) is 6.62. The molecule has 1 heterocycles. The minimum Gasteiger partial charge on any atom is -0.445 e. The Bertz CT molecular complexity index is 1450. The maximum atomic E-state index is 12.8. The average Bonchev–Trinajstić information content (AvgIpc) is 3.00. The van der Waals surface area contributed by atoms with Crippen molar-refractivity contribution in [1.82, 2.24) is 20.7 Å². The molecular formula is C35H40N4O5. The van der Waals surface area contributed by atoms with Crippen molar-refractivity contribution < 1.29 is 24.2 Å². The van der Waals surface area contributed by atoms with Gasteiger partial charge in [-0.15, -0.1) is 0 Å². The molecule has 0 saturated heterocycles. The van der Waals surface area contributed by atoms with Gasteiger partial charge in [0.05, 0.1) is 17.8 Å². The van der Waals surface area contributed by atoms with Crippen LogP contribution in [0.3, 0.4) is 0 Å². The molecule has 230 valence electrons. The number of ether oxygens (including phenoxy) is 2. The van der Waals surface area contributed by atoms with Gasteiger partial charge in [0.1, 0.15) is 12.2 Å². The molecule has 4 aromatic rings. The average molecular weight is 597 g/mol. The summed E-state index contributed by atoms with van der Waals surface area (Å²) < 4.78 is 10.9. The van der Waals surface area contributed by atoms with E-state index < -0.39 is 29.9 Å². The monoisotopic (exact) mass is 596 g/mol. The van der Waals surface area contributed by atoms with Gasteiger partial charge in [-0.2, -0.15) is 0 Å². The number of rotatable bonds is 12. The molecule has 3 N–H and O–H groups in total. The van der Waals surface area contributed by atoms with E-state index in [1.54, 1.807) is 32.0 Å². The Morgan fingerprint density at radius 3 is 2.07 bits per heavy atom. The first-order chi connectivity index (χ1) is 21.1. The SMILES string of the molecule is CC(C)(C)OC(=O)NN(Cc1ccc(-c2ccccn2)cc1)CC(O)C(Cc1ccccc1)NC(=O)OCc1ccccc1. The van der Waals surface area contributed by atoms with Crippen molar-refractivity contribution in [3.8, 4) is 11.3 Å². The van der Waals surface area contributed by atoms with Crippen molar-refractivity contribution in [3.05, 3.63) is 126 Å². The van der Waals surface area contributed by atoms with Crippen LogP contribution < -0.4 is 10.7 Å². The number of alkyl carbamates (subject to hydrolysis) is 1. The van der Waals surface area contributed by atoms with Crippen LogP contribution in [0, 0.1) is 0 Å². The number of benzene rings is 3. The van der Waals surface area contributed by atoms with Gasteiger partial charge in [0.15, 0.2) is 0 Å². The Morgan fingerprint density at radius 1 is 0.818 bits per heavy atom. The number of aliphatic hydroxyl groups excluding tert-OH is 1. The fourth-order valence-electron chi connectivity index (χ4n) is 4.54. The Balaban J connectivity index is 1.49. The number of carbonyl (C=O) groups excluding carboxylic acids is 2. The molecule has 3 aromatic carbocycles. The van der Waals surface area contributed by atoms with E-state index in [2.05, 4.69) is 15.7 Å². The van der Waals surface area contributed by atoms with E-state index >= 15 is 0 Å². The van der Waals surface area contributed by atoms with Gasteiger partial charge in [-0.05, 0) is 56.0 Å². The molecule has 0 aliphatic heterocycles. The molecule has 0 bridgehead atoms. The van der Waals surface area contributed by atoms with Crippen LogP contribution in [0.1, 0.15) is 37.5 Å². The van der Waals surface area contributed by atoms with Crippen LogP contribution in [-0.4, -0.2) is 51.6 Å². The number of hydrazine groups is 1. The summed E-state index contributed by atoms with van der Waals surface area (Å²) in [4.78, 5) is 30.0. The van der Waals surface area contributed by atoms with Crippen molar-refractivity contribution >= 4 is 12.2 Å². The molecule has 2 amide bonds. The van der Waals surface area contributed by atoms with Crippen LogP contribution in [0.5, 0.6) is 0 Å². The number of carbonyl (C=O) groups is 2. The van der Waals surface area contributed by atoms with E-state index in [4.69, 9.17) is 9.47 Å². The molecule has 1 aromatic heterocycles. The van der Waals surface area contributed by atoms with Gasteiger partial charge >= 0.3 is 12.2 Å². The van der Waals surface area contributed by atoms with Gasteiger partial charge in [0.2, 0.25) is 0 Å². The summed E-state index contributed by atoms with van der Waals surface area (Å²) >= 11 is 0. The number of aliphatic hydroxyl groups is 1. The van der Waals surface area contributed by atoms with Gasteiger partial charge in [-0.25, -0.2) is 14.6 Å². The topological polar surface area (TPSA) is 113 Å². The lowest BCUT2D eigenvalue weighted by atomic mass is 10.0. The summed E-state index contributed by atoms with van der Waals surface area (Å²) in [6.07, 6.45) is -0.284. The van der Waals surface area contributed by atoms with Crippen LogP contribution in [0.2, 0.25) is 0 Å². The maximum absolute atomic E-state index is 12.8. The highest BCUT2D eigenvalue weighted by Gasteiger charge is 2.27. The van der Waals surface area contributed by atoms with Gasteiger partial charge in [0.25, 0.3) is 0 Å². The summed E-state index contributed by atoms with van der Waals surface area (Å²) in [5.74, 6) is 0. The number of hydrogen-bond donors (Lipinski definition) is 3. The predicted molar refractivity (Wildman–Crippen MR) is 169 cm³/mol. The highest BCUT2D eigenvalue weighted by Crippen LogP contribution is 2.18. The van der Waals surface area contributed by atoms with Gasteiger partial charge < -0.3 is 19.9 Å². The number of nitrogens with one attached hydrogen (secondary N) is 2. The Kier molecular flexibility index (Phi) is 11.5. The van der Waals surface area contributed by atoms with Crippen LogP contribution in [-0.2, 0) is 29.0 Å². The quantitative estimate of drug-likeness (QED) is 0.175. The smallest absolute Gasteiger partial charge is 0.422 e. The highest BCUT2D eigenvalue weighted by atomic mass is 16.6. The molecule has 2 unspecified atom stereocenters. The number of aromatic nitrogens is 1. The lowest BCUT2D eigenvalue weighted by Gasteiger charge is -2.31. The maximum Gasteiger partial charge on any atom is 0.422 e. The molecule has 2 atom stereocenters. The number of pyridine rings is 1. The third-order valence-corrected chi connectivity index (χ3v) is 6.62. The fraction of sp³-hybridized carbons (Fsp3) is 0.286. The molecular weight excluding hydrogens is 556 g/mol. The molecule has 0 aliphatic carbocycles. The second kappa shape index (κ2) is 15.7. The summed E-state index contributed by atoms with van der Waals surface area (Å²) in [5.41, 5.74) is 6.55. The van der Waals surface area contributed by atoms with E-state index in [-0.39, 0.29) is 19.7 Å². The molecule has 0 radical (unpaired) electrons. The molecule has 0 spiro atoms. The first-order valence-corrected chi connectivity index (χ1v) is 14.6. The zero-order chi connectivity index (χ0) is 31.4. The van der Waals surface area contributed by atoms with Crippen LogP contribution in [0.25, 0.3) is 11.3 Å². The van der Waals surface area contributed by atoms with E-state index in [1.807, 2.05) is 103 Å². The summed E-state index contributed by atoms with van der Waals surface area (Å²) in [6.45, 7) is 5.71. The standard InChI is InChI=1S/C35H40N4O5/c1-35(2,3)44-34(42)38-39(23-27-17-19-29(20-18-27)30-16-10-11-21-36-30)24-32(40)31(22-26-12-6-4-7-13-26)37-33(41)43-25-28-14-8-5-9-15-28/h4-21,31-32,40H,22-25H2,1-3H3,(H,37,41)(H,38,42). The van der Waals surface area contributed by atoms with Crippen molar-refractivity contribution in [2.24, 2.45) is 0 Å². The van der Waals surface area contributed by atoms with Crippen LogP contribution in [0.15, 0.2) is 109 Å². The molecule has 4 rings (SSSR count). The number of amides is 2. The van der Waals surface area contributed by atoms with Crippen molar-refractivity contribution in [3.63, 3.8) is 0 Å². The van der Waals surface area contributed by atoms with E-state index in [0.717, 1.165) is 27.9 Å². The van der Waals surface area contributed by atoms with E-state index in [9.17, 15) is 14.7 Å². The lowest BCUT2D eigenvalue weighted by Crippen LogP contribution is -2.53.